The Labute approximate surface area is 124 Å². The van der Waals surface area contributed by atoms with Crippen LogP contribution in [-0.2, 0) is 18.0 Å². The van der Waals surface area contributed by atoms with Gasteiger partial charge in [0.1, 0.15) is 5.75 Å². The number of halogens is 1. The first-order chi connectivity index (χ1) is 9.69. The predicted octanol–water partition coefficient (Wildman–Crippen LogP) is 4.36. The summed E-state index contributed by atoms with van der Waals surface area (Å²) in [6, 6.07) is 12.4. The van der Waals surface area contributed by atoms with E-state index in [1.54, 1.807) is 7.11 Å². The third-order valence-electron chi connectivity index (χ3n) is 3.79. The van der Waals surface area contributed by atoms with Gasteiger partial charge in [0.05, 0.1) is 25.7 Å². The zero-order valence-electron chi connectivity index (χ0n) is 11.7. The van der Waals surface area contributed by atoms with Gasteiger partial charge in [-0.3, -0.25) is 0 Å². The van der Waals surface area contributed by atoms with Crippen molar-refractivity contribution in [2.75, 3.05) is 7.11 Å². The zero-order chi connectivity index (χ0) is 14.1. The molecule has 1 heterocycles. The van der Waals surface area contributed by atoms with Gasteiger partial charge in [-0.15, -0.1) is 11.6 Å². The fourth-order valence-corrected chi connectivity index (χ4v) is 2.97. The highest BCUT2D eigenvalue weighted by atomic mass is 35.5. The van der Waals surface area contributed by atoms with Crippen LogP contribution in [0.5, 0.6) is 5.75 Å². The molecule has 2 aromatic rings. The van der Waals surface area contributed by atoms with Crippen molar-refractivity contribution in [3.63, 3.8) is 0 Å². The van der Waals surface area contributed by atoms with Gasteiger partial charge in [-0.05, 0) is 46.9 Å². The summed E-state index contributed by atoms with van der Waals surface area (Å²) in [6.45, 7) is 3.46. The Kier molecular flexibility index (Phi) is 3.68. The molecule has 0 N–H and O–H groups in total. The van der Waals surface area contributed by atoms with Gasteiger partial charge in [-0.2, -0.15) is 0 Å². The van der Waals surface area contributed by atoms with E-state index in [-0.39, 0.29) is 5.38 Å². The number of aryl methyl sites for hydroxylation is 1. The molecule has 3 rings (SSSR count). The predicted molar refractivity (Wildman–Crippen MR) is 80.4 cm³/mol. The molecule has 0 bridgehead atoms. The number of hydrogen-bond donors (Lipinski definition) is 0. The lowest BCUT2D eigenvalue weighted by molar-refractivity contribution is 0.134. The molecular formula is C17H17ClO2. The minimum atomic E-state index is -0.146. The minimum Gasteiger partial charge on any atom is -0.497 e. The van der Waals surface area contributed by atoms with Crippen LogP contribution in [0.2, 0.25) is 0 Å². The third kappa shape index (κ3) is 2.41. The van der Waals surface area contributed by atoms with Crippen LogP contribution in [-0.4, -0.2) is 7.11 Å². The molecule has 1 atom stereocenters. The van der Waals surface area contributed by atoms with Crippen LogP contribution < -0.4 is 4.74 Å². The van der Waals surface area contributed by atoms with E-state index in [1.807, 2.05) is 18.2 Å². The maximum atomic E-state index is 6.65. The number of alkyl halides is 1. The monoisotopic (exact) mass is 288 g/mol. The normalized spacial score (nSPS) is 14.9. The smallest absolute Gasteiger partial charge is 0.119 e. The van der Waals surface area contributed by atoms with E-state index in [1.165, 1.54) is 11.1 Å². The average Bonchev–Trinajstić information content (AvgIpc) is 2.93. The van der Waals surface area contributed by atoms with Crippen molar-refractivity contribution in [1.29, 1.82) is 0 Å². The average molecular weight is 289 g/mol. The summed E-state index contributed by atoms with van der Waals surface area (Å²) in [4.78, 5) is 0. The van der Waals surface area contributed by atoms with Gasteiger partial charge in [-0.1, -0.05) is 24.3 Å². The fourth-order valence-electron chi connectivity index (χ4n) is 2.59. The van der Waals surface area contributed by atoms with E-state index in [0.29, 0.717) is 13.2 Å². The van der Waals surface area contributed by atoms with Crippen molar-refractivity contribution < 1.29 is 9.47 Å². The topological polar surface area (TPSA) is 18.5 Å². The van der Waals surface area contributed by atoms with Crippen LogP contribution in [0.3, 0.4) is 0 Å². The molecule has 1 unspecified atom stereocenters. The van der Waals surface area contributed by atoms with E-state index in [2.05, 4.69) is 25.1 Å². The van der Waals surface area contributed by atoms with Gasteiger partial charge in [0.25, 0.3) is 0 Å². The Bertz CT molecular complexity index is 637. The number of hydrogen-bond acceptors (Lipinski definition) is 2. The molecule has 104 valence electrons. The standard InChI is InChI=1S/C17H17ClO2/c1-11-7-15(19-2)5-6-16(11)17(18)12-3-4-13-9-20-10-14(13)8-12/h3-8,17H,9-10H2,1-2H3. The fraction of sp³-hybridized carbons (Fsp3) is 0.294. The molecule has 3 heteroatoms. The van der Waals surface area contributed by atoms with Crippen LogP contribution in [0.15, 0.2) is 36.4 Å². The van der Waals surface area contributed by atoms with Gasteiger partial charge in [-0.25, -0.2) is 0 Å². The lowest BCUT2D eigenvalue weighted by Crippen LogP contribution is -1.98. The summed E-state index contributed by atoms with van der Waals surface area (Å²) in [5.74, 6) is 0.859. The lowest BCUT2D eigenvalue weighted by Gasteiger charge is -2.15. The van der Waals surface area contributed by atoms with Gasteiger partial charge >= 0.3 is 0 Å². The first-order valence-corrected chi connectivity index (χ1v) is 7.10. The number of benzene rings is 2. The van der Waals surface area contributed by atoms with Crippen molar-refractivity contribution in [2.45, 2.75) is 25.5 Å². The number of methoxy groups -OCH3 is 1. The first kappa shape index (κ1) is 13.5. The van der Waals surface area contributed by atoms with Gasteiger partial charge < -0.3 is 9.47 Å². The van der Waals surface area contributed by atoms with Crippen LogP contribution in [0.4, 0.5) is 0 Å². The summed E-state index contributed by atoms with van der Waals surface area (Å²) in [7, 11) is 1.67. The van der Waals surface area contributed by atoms with Crippen molar-refractivity contribution in [1.82, 2.24) is 0 Å². The molecule has 2 aromatic carbocycles. The van der Waals surface area contributed by atoms with Crippen LogP contribution in [0, 0.1) is 6.92 Å². The van der Waals surface area contributed by atoms with Crippen molar-refractivity contribution >= 4 is 11.6 Å². The molecule has 0 spiro atoms. The Morgan fingerprint density at radius 2 is 1.90 bits per heavy atom. The molecule has 0 saturated heterocycles. The molecule has 2 nitrogen and oxygen atoms in total. The molecule has 0 aliphatic carbocycles. The first-order valence-electron chi connectivity index (χ1n) is 6.67. The molecule has 1 aliphatic heterocycles. The molecule has 0 aromatic heterocycles. The number of ether oxygens (including phenoxy) is 2. The second kappa shape index (κ2) is 5.47. The van der Waals surface area contributed by atoms with E-state index < -0.39 is 0 Å². The molecule has 0 amide bonds. The highest BCUT2D eigenvalue weighted by Crippen LogP contribution is 2.34. The van der Waals surface area contributed by atoms with Crippen LogP contribution in [0.25, 0.3) is 0 Å². The highest BCUT2D eigenvalue weighted by molar-refractivity contribution is 6.22. The van der Waals surface area contributed by atoms with E-state index >= 15 is 0 Å². The van der Waals surface area contributed by atoms with E-state index in [4.69, 9.17) is 21.1 Å². The number of fused-ring (bicyclic) bond motifs is 1. The molecule has 0 saturated carbocycles. The maximum Gasteiger partial charge on any atom is 0.119 e. The second-order valence-corrected chi connectivity index (χ2v) is 5.54. The van der Waals surface area contributed by atoms with Gasteiger partial charge in [0.2, 0.25) is 0 Å². The molecule has 1 aliphatic rings. The Morgan fingerprint density at radius 3 is 2.65 bits per heavy atom. The molecule has 0 radical (unpaired) electrons. The highest BCUT2D eigenvalue weighted by Gasteiger charge is 2.17. The molecule has 20 heavy (non-hydrogen) atoms. The summed E-state index contributed by atoms with van der Waals surface area (Å²) < 4.78 is 10.7. The van der Waals surface area contributed by atoms with E-state index in [9.17, 15) is 0 Å². The van der Waals surface area contributed by atoms with Crippen LogP contribution >= 0.6 is 11.6 Å². The van der Waals surface area contributed by atoms with Crippen molar-refractivity contribution in [3.05, 3.63) is 64.2 Å². The van der Waals surface area contributed by atoms with E-state index in [0.717, 1.165) is 22.4 Å². The van der Waals surface area contributed by atoms with Crippen molar-refractivity contribution in [2.24, 2.45) is 0 Å². The minimum absolute atomic E-state index is 0.146. The van der Waals surface area contributed by atoms with Gasteiger partial charge in [0.15, 0.2) is 0 Å². The quantitative estimate of drug-likeness (QED) is 0.781. The van der Waals surface area contributed by atoms with Crippen LogP contribution in [0.1, 0.15) is 33.2 Å². The summed E-state index contributed by atoms with van der Waals surface area (Å²) in [5, 5.41) is -0.146. The number of rotatable bonds is 3. The Hall–Kier alpha value is -1.51. The van der Waals surface area contributed by atoms with Gasteiger partial charge in [0, 0.05) is 0 Å². The second-order valence-electron chi connectivity index (χ2n) is 5.11. The SMILES string of the molecule is COc1ccc(C(Cl)c2ccc3c(c2)COC3)c(C)c1. The zero-order valence-corrected chi connectivity index (χ0v) is 12.4. The Balaban J connectivity index is 1.94. The molecule has 0 fully saturated rings. The third-order valence-corrected chi connectivity index (χ3v) is 4.28. The molecular weight excluding hydrogens is 272 g/mol. The summed E-state index contributed by atoms with van der Waals surface area (Å²) >= 11 is 6.65. The van der Waals surface area contributed by atoms with Crippen molar-refractivity contribution in [3.8, 4) is 5.75 Å². The lowest BCUT2D eigenvalue weighted by atomic mass is 9.97. The largest absolute Gasteiger partial charge is 0.497 e. The summed E-state index contributed by atoms with van der Waals surface area (Å²) in [6.07, 6.45) is 0. The maximum absolute atomic E-state index is 6.65. The Morgan fingerprint density at radius 1 is 1.10 bits per heavy atom. The summed E-state index contributed by atoms with van der Waals surface area (Å²) in [5.41, 5.74) is 5.89.